The molecule has 0 atom stereocenters. The van der Waals surface area contributed by atoms with Crippen molar-refractivity contribution in [1.82, 2.24) is 5.32 Å². The van der Waals surface area contributed by atoms with Crippen LogP contribution in [0.3, 0.4) is 0 Å². The molecule has 7 heteroatoms. The summed E-state index contributed by atoms with van der Waals surface area (Å²) >= 11 is 11.6. The number of halogens is 2. The van der Waals surface area contributed by atoms with Crippen molar-refractivity contribution in [2.45, 2.75) is 4.46 Å². The molecule has 0 bridgehead atoms. The summed E-state index contributed by atoms with van der Waals surface area (Å²) in [7, 11) is 1.52. The molecule has 1 aliphatic heterocycles. The molecule has 1 fully saturated rings. The Hall–Kier alpha value is -1.46. The first kappa shape index (κ1) is 12.0. The highest BCUT2D eigenvalue weighted by molar-refractivity contribution is 6.63. The maximum absolute atomic E-state index is 11.5. The van der Waals surface area contributed by atoms with Gasteiger partial charge in [0.2, 0.25) is 0 Å². The maximum Gasteiger partial charge on any atom is 0.331 e. The monoisotopic (exact) mass is 274 g/mol. The van der Waals surface area contributed by atoms with Gasteiger partial charge in [-0.15, -0.1) is 0 Å². The molecule has 1 aromatic rings. The second-order valence-corrected chi connectivity index (χ2v) is 4.62. The van der Waals surface area contributed by atoms with Gasteiger partial charge in [0.1, 0.15) is 5.75 Å². The SMILES string of the molecule is COc1ccc(N2C(=O)NC(=O)C2(Cl)Cl)cc1. The van der Waals surface area contributed by atoms with Crippen molar-refractivity contribution in [3.05, 3.63) is 24.3 Å². The normalized spacial score (nSPS) is 18.2. The van der Waals surface area contributed by atoms with Crippen LogP contribution in [0.4, 0.5) is 10.5 Å². The lowest BCUT2D eigenvalue weighted by molar-refractivity contribution is -0.119. The number of rotatable bonds is 2. The molecule has 1 N–H and O–H groups in total. The van der Waals surface area contributed by atoms with Gasteiger partial charge in [-0.3, -0.25) is 15.0 Å². The minimum absolute atomic E-state index is 0.402. The Morgan fingerprint density at radius 3 is 2.24 bits per heavy atom. The summed E-state index contributed by atoms with van der Waals surface area (Å²) < 4.78 is 3.05. The molecule has 17 heavy (non-hydrogen) atoms. The molecule has 0 aromatic heterocycles. The van der Waals surface area contributed by atoms with Crippen LogP contribution in [0.25, 0.3) is 0 Å². The van der Waals surface area contributed by atoms with E-state index in [9.17, 15) is 9.59 Å². The van der Waals surface area contributed by atoms with Crippen molar-refractivity contribution in [3.8, 4) is 5.75 Å². The van der Waals surface area contributed by atoms with Gasteiger partial charge in [0.05, 0.1) is 7.11 Å². The molecule has 1 aromatic carbocycles. The molecule has 0 spiro atoms. The number of alkyl halides is 2. The fourth-order valence-electron chi connectivity index (χ4n) is 1.47. The third-order valence-electron chi connectivity index (χ3n) is 2.31. The van der Waals surface area contributed by atoms with Gasteiger partial charge >= 0.3 is 6.03 Å². The van der Waals surface area contributed by atoms with Crippen molar-refractivity contribution >= 4 is 40.8 Å². The van der Waals surface area contributed by atoms with Gasteiger partial charge in [-0.25, -0.2) is 4.79 Å². The zero-order valence-corrected chi connectivity index (χ0v) is 10.2. The molecule has 2 rings (SSSR count). The van der Waals surface area contributed by atoms with Crippen molar-refractivity contribution in [3.63, 3.8) is 0 Å². The van der Waals surface area contributed by atoms with Crippen LogP contribution in [0.5, 0.6) is 5.75 Å². The van der Waals surface area contributed by atoms with E-state index in [0.29, 0.717) is 11.4 Å². The number of amides is 3. The van der Waals surface area contributed by atoms with Gasteiger partial charge in [-0.05, 0) is 24.3 Å². The summed E-state index contributed by atoms with van der Waals surface area (Å²) in [4.78, 5) is 23.9. The van der Waals surface area contributed by atoms with Crippen molar-refractivity contribution in [2.75, 3.05) is 12.0 Å². The number of hydrogen-bond donors (Lipinski definition) is 1. The lowest BCUT2D eigenvalue weighted by Crippen LogP contribution is -2.39. The Bertz CT molecular complexity index is 473. The van der Waals surface area contributed by atoms with Crippen LogP contribution in [0.2, 0.25) is 0 Å². The molecule has 90 valence electrons. The largest absolute Gasteiger partial charge is 0.497 e. The first-order chi connectivity index (χ1) is 7.96. The number of carbonyl (C=O) groups excluding carboxylic acids is 2. The number of nitrogens with zero attached hydrogens (tertiary/aromatic N) is 1. The predicted molar refractivity (Wildman–Crippen MR) is 63.4 cm³/mol. The van der Waals surface area contributed by atoms with E-state index in [1.807, 2.05) is 5.32 Å². The Morgan fingerprint density at radius 1 is 1.24 bits per heavy atom. The summed E-state index contributed by atoms with van der Waals surface area (Å²) in [5, 5.41) is 2.04. The van der Waals surface area contributed by atoms with Crippen LogP contribution in [-0.4, -0.2) is 23.5 Å². The molecular weight excluding hydrogens is 267 g/mol. The van der Waals surface area contributed by atoms with E-state index in [1.165, 1.54) is 7.11 Å². The molecule has 0 aliphatic carbocycles. The van der Waals surface area contributed by atoms with Crippen molar-refractivity contribution in [1.29, 1.82) is 0 Å². The fourth-order valence-corrected chi connectivity index (χ4v) is 1.91. The highest BCUT2D eigenvalue weighted by atomic mass is 35.5. The number of ether oxygens (including phenoxy) is 1. The van der Waals surface area contributed by atoms with Gasteiger partial charge in [0.25, 0.3) is 10.4 Å². The van der Waals surface area contributed by atoms with Gasteiger partial charge < -0.3 is 4.74 Å². The van der Waals surface area contributed by atoms with E-state index >= 15 is 0 Å². The standard InChI is InChI=1S/C10H8Cl2N2O3/c1-17-7-4-2-6(3-5-7)14-9(16)13-8(15)10(14,11)12/h2-5H,1H3,(H,13,15,16). The van der Waals surface area contributed by atoms with E-state index in [4.69, 9.17) is 27.9 Å². The van der Waals surface area contributed by atoms with Gasteiger partial charge in [0.15, 0.2) is 0 Å². The Labute approximate surface area is 107 Å². The highest BCUT2D eigenvalue weighted by Gasteiger charge is 2.51. The van der Waals surface area contributed by atoms with E-state index in [1.54, 1.807) is 24.3 Å². The van der Waals surface area contributed by atoms with E-state index < -0.39 is 16.4 Å². The number of urea groups is 1. The van der Waals surface area contributed by atoms with E-state index in [-0.39, 0.29) is 0 Å². The Kier molecular flexibility index (Phi) is 2.89. The van der Waals surface area contributed by atoms with Gasteiger partial charge in [-0.2, -0.15) is 0 Å². The quantitative estimate of drug-likeness (QED) is 0.509. The third kappa shape index (κ3) is 1.92. The first-order valence-electron chi connectivity index (χ1n) is 4.64. The molecule has 1 aliphatic rings. The average molecular weight is 275 g/mol. The zero-order chi connectivity index (χ0) is 12.6. The zero-order valence-electron chi connectivity index (χ0n) is 8.74. The average Bonchev–Trinajstić information content (AvgIpc) is 2.49. The summed E-state index contributed by atoms with van der Waals surface area (Å²) in [6, 6.07) is 5.77. The van der Waals surface area contributed by atoms with Crippen LogP contribution < -0.4 is 15.0 Å². The van der Waals surface area contributed by atoms with Crippen molar-refractivity contribution in [2.24, 2.45) is 0 Å². The molecule has 1 saturated heterocycles. The minimum atomic E-state index is -1.92. The molecule has 3 amide bonds. The maximum atomic E-state index is 11.5. The minimum Gasteiger partial charge on any atom is -0.497 e. The number of nitrogens with one attached hydrogen (secondary N) is 1. The topological polar surface area (TPSA) is 58.6 Å². The molecule has 0 unspecified atom stereocenters. The molecular formula is C10H8Cl2N2O3. The smallest absolute Gasteiger partial charge is 0.331 e. The lowest BCUT2D eigenvalue weighted by atomic mass is 10.3. The lowest BCUT2D eigenvalue weighted by Gasteiger charge is -2.23. The second kappa shape index (κ2) is 4.09. The Morgan fingerprint density at radius 2 is 1.82 bits per heavy atom. The van der Waals surface area contributed by atoms with Crippen LogP contribution in [0, 0.1) is 0 Å². The summed E-state index contributed by atoms with van der Waals surface area (Å²) in [5.74, 6) is -0.143. The Balaban J connectivity index is 2.38. The number of imide groups is 1. The van der Waals surface area contributed by atoms with Crippen LogP contribution in [0.15, 0.2) is 24.3 Å². The number of methoxy groups -OCH3 is 1. The number of hydrogen-bond acceptors (Lipinski definition) is 3. The summed E-state index contributed by atoms with van der Waals surface area (Å²) in [5.41, 5.74) is 0.402. The van der Waals surface area contributed by atoms with Crippen LogP contribution >= 0.6 is 23.2 Å². The molecule has 0 saturated carbocycles. The summed E-state index contributed by atoms with van der Waals surface area (Å²) in [6.45, 7) is 0. The van der Waals surface area contributed by atoms with E-state index in [2.05, 4.69) is 0 Å². The number of benzene rings is 1. The molecule has 1 heterocycles. The molecule has 0 radical (unpaired) electrons. The van der Waals surface area contributed by atoms with Crippen LogP contribution in [0.1, 0.15) is 0 Å². The van der Waals surface area contributed by atoms with E-state index in [0.717, 1.165) is 4.90 Å². The number of anilines is 1. The predicted octanol–water partition coefficient (Wildman–Crippen LogP) is 1.88. The third-order valence-corrected chi connectivity index (χ3v) is 2.99. The second-order valence-electron chi connectivity index (χ2n) is 3.33. The molecule has 5 nitrogen and oxygen atoms in total. The van der Waals surface area contributed by atoms with Crippen LogP contribution in [-0.2, 0) is 4.79 Å². The highest BCUT2D eigenvalue weighted by Crippen LogP contribution is 2.36. The summed E-state index contributed by atoms with van der Waals surface area (Å²) in [6.07, 6.45) is 0. The number of carbonyl (C=O) groups is 2. The van der Waals surface area contributed by atoms with Crippen molar-refractivity contribution < 1.29 is 14.3 Å². The fraction of sp³-hybridized carbons (Fsp3) is 0.200. The van der Waals surface area contributed by atoms with Gasteiger partial charge in [0, 0.05) is 5.69 Å². The van der Waals surface area contributed by atoms with Gasteiger partial charge in [-0.1, -0.05) is 23.2 Å². The first-order valence-corrected chi connectivity index (χ1v) is 5.40.